The average Bonchev–Trinajstić information content (AvgIpc) is 2.92. The van der Waals surface area contributed by atoms with Gasteiger partial charge in [0.1, 0.15) is 6.04 Å². The lowest BCUT2D eigenvalue weighted by Crippen LogP contribution is -2.53. The molecule has 102 valence electrons. The number of carboxylic acid groups (broad SMARTS) is 1. The summed E-state index contributed by atoms with van der Waals surface area (Å²) < 4.78 is 0. The van der Waals surface area contributed by atoms with Gasteiger partial charge in [0.05, 0.1) is 5.54 Å². The van der Waals surface area contributed by atoms with E-state index < -0.39 is 17.6 Å². The molecule has 1 unspecified atom stereocenters. The number of hydrogen-bond acceptors (Lipinski definition) is 3. The van der Waals surface area contributed by atoms with E-state index in [-0.39, 0.29) is 11.8 Å². The number of aliphatic carboxylic acids is 1. The molecule has 0 aromatic rings. The summed E-state index contributed by atoms with van der Waals surface area (Å²) in [6, 6.07) is -0.677. The number of nitrogens with zero attached hydrogens (tertiary/aromatic N) is 1. The Morgan fingerprint density at radius 3 is 2.78 bits per heavy atom. The Labute approximate surface area is 108 Å². The monoisotopic (exact) mass is 254 g/mol. The Kier molecular flexibility index (Phi) is 3.61. The number of carbonyl (C=O) groups is 2. The minimum atomic E-state index is -0.882. The zero-order valence-corrected chi connectivity index (χ0v) is 11.1. The van der Waals surface area contributed by atoms with Crippen LogP contribution in [0.1, 0.15) is 39.5 Å². The molecule has 2 saturated heterocycles. The third-order valence-electron chi connectivity index (χ3n) is 4.47. The minimum Gasteiger partial charge on any atom is -0.480 e. The highest BCUT2D eigenvalue weighted by Crippen LogP contribution is 2.34. The van der Waals surface area contributed by atoms with Crippen LogP contribution >= 0.6 is 0 Å². The van der Waals surface area contributed by atoms with E-state index in [4.69, 9.17) is 0 Å². The lowest BCUT2D eigenvalue weighted by molar-refractivity contribution is -0.152. The molecule has 1 spiro atoms. The van der Waals surface area contributed by atoms with Gasteiger partial charge in [0.15, 0.2) is 0 Å². The predicted molar refractivity (Wildman–Crippen MR) is 67.2 cm³/mol. The zero-order chi connectivity index (χ0) is 13.3. The van der Waals surface area contributed by atoms with Gasteiger partial charge in [-0.05, 0) is 31.7 Å². The summed E-state index contributed by atoms with van der Waals surface area (Å²) in [4.78, 5) is 25.5. The van der Waals surface area contributed by atoms with Crippen LogP contribution in [0.15, 0.2) is 0 Å². The molecule has 5 nitrogen and oxygen atoms in total. The van der Waals surface area contributed by atoms with Crippen LogP contribution in [0.4, 0.5) is 0 Å². The van der Waals surface area contributed by atoms with E-state index in [9.17, 15) is 14.7 Å². The van der Waals surface area contributed by atoms with Crippen LogP contribution in [0.2, 0.25) is 0 Å². The number of nitrogens with one attached hydrogen (secondary N) is 1. The molecule has 1 amide bonds. The van der Waals surface area contributed by atoms with Gasteiger partial charge in [0, 0.05) is 6.54 Å². The van der Waals surface area contributed by atoms with Crippen molar-refractivity contribution in [3.05, 3.63) is 0 Å². The van der Waals surface area contributed by atoms with Gasteiger partial charge in [-0.3, -0.25) is 4.79 Å². The summed E-state index contributed by atoms with van der Waals surface area (Å²) in [5.41, 5.74) is -0.457. The van der Waals surface area contributed by atoms with Crippen LogP contribution in [0.25, 0.3) is 0 Å². The molecular formula is C13H22N2O3. The largest absolute Gasteiger partial charge is 0.480 e. The van der Waals surface area contributed by atoms with E-state index in [2.05, 4.69) is 5.32 Å². The second kappa shape index (κ2) is 4.88. The number of carbonyl (C=O) groups excluding carboxylic acids is 1. The van der Waals surface area contributed by atoms with Gasteiger partial charge < -0.3 is 15.3 Å². The van der Waals surface area contributed by atoms with Crippen molar-refractivity contribution >= 4 is 11.9 Å². The highest BCUT2D eigenvalue weighted by Gasteiger charge is 2.51. The Morgan fingerprint density at radius 1 is 1.56 bits per heavy atom. The molecule has 2 aliphatic heterocycles. The fraction of sp³-hybridized carbons (Fsp3) is 0.846. The van der Waals surface area contributed by atoms with Crippen molar-refractivity contribution in [2.24, 2.45) is 5.92 Å². The SMILES string of the molecule is CCC(C)[C@@H](C(=O)O)N1CC[C@@]2(CCCN2)C1=O. The Balaban J connectivity index is 2.18. The van der Waals surface area contributed by atoms with Gasteiger partial charge in [-0.1, -0.05) is 20.3 Å². The third-order valence-corrected chi connectivity index (χ3v) is 4.47. The van der Waals surface area contributed by atoms with Crippen molar-refractivity contribution in [1.29, 1.82) is 0 Å². The van der Waals surface area contributed by atoms with Crippen LogP contribution in [0.5, 0.6) is 0 Å². The maximum absolute atomic E-state index is 12.5. The first-order valence-electron chi connectivity index (χ1n) is 6.81. The number of rotatable bonds is 4. The molecule has 3 atom stereocenters. The van der Waals surface area contributed by atoms with E-state index >= 15 is 0 Å². The summed E-state index contributed by atoms with van der Waals surface area (Å²) in [5, 5.41) is 12.6. The van der Waals surface area contributed by atoms with Crippen molar-refractivity contribution in [2.45, 2.75) is 51.1 Å². The molecule has 5 heteroatoms. The molecular weight excluding hydrogens is 232 g/mol. The quantitative estimate of drug-likeness (QED) is 0.780. The third kappa shape index (κ3) is 2.00. The molecule has 0 bridgehead atoms. The lowest BCUT2D eigenvalue weighted by atomic mass is 9.95. The Bertz CT molecular complexity index is 350. The first-order chi connectivity index (χ1) is 8.52. The van der Waals surface area contributed by atoms with Crippen molar-refractivity contribution in [3.63, 3.8) is 0 Å². The maximum Gasteiger partial charge on any atom is 0.326 e. The van der Waals surface area contributed by atoms with E-state index in [1.165, 1.54) is 0 Å². The highest BCUT2D eigenvalue weighted by atomic mass is 16.4. The number of carboxylic acids is 1. The molecule has 0 saturated carbocycles. The van der Waals surface area contributed by atoms with Crippen molar-refractivity contribution < 1.29 is 14.7 Å². The second-order valence-electron chi connectivity index (χ2n) is 5.53. The standard InChI is InChI=1S/C13H22N2O3/c1-3-9(2)10(11(16)17)15-8-6-13(12(15)18)5-4-7-14-13/h9-10,14H,3-8H2,1-2H3,(H,16,17)/t9?,10-,13-/m0/s1. The van der Waals surface area contributed by atoms with Crippen LogP contribution in [-0.2, 0) is 9.59 Å². The Hall–Kier alpha value is -1.10. The number of hydrogen-bond donors (Lipinski definition) is 2. The average molecular weight is 254 g/mol. The van der Waals surface area contributed by atoms with Crippen molar-refractivity contribution in [3.8, 4) is 0 Å². The van der Waals surface area contributed by atoms with Crippen LogP contribution in [0.3, 0.4) is 0 Å². The molecule has 2 aliphatic rings. The van der Waals surface area contributed by atoms with E-state index in [1.807, 2.05) is 13.8 Å². The molecule has 0 aliphatic carbocycles. The smallest absolute Gasteiger partial charge is 0.326 e. The summed E-state index contributed by atoms with van der Waals surface area (Å²) >= 11 is 0. The molecule has 18 heavy (non-hydrogen) atoms. The van der Waals surface area contributed by atoms with Gasteiger partial charge in [-0.2, -0.15) is 0 Å². The van der Waals surface area contributed by atoms with Gasteiger partial charge in [-0.15, -0.1) is 0 Å². The predicted octanol–water partition coefficient (Wildman–Crippen LogP) is 0.840. The van der Waals surface area contributed by atoms with Gasteiger partial charge >= 0.3 is 5.97 Å². The summed E-state index contributed by atoms with van der Waals surface area (Å²) in [7, 11) is 0. The zero-order valence-electron chi connectivity index (χ0n) is 11.1. The molecule has 0 aromatic heterocycles. The van der Waals surface area contributed by atoms with E-state index in [0.717, 1.165) is 32.2 Å². The molecule has 2 N–H and O–H groups in total. The fourth-order valence-electron chi connectivity index (χ4n) is 3.17. The van der Waals surface area contributed by atoms with Crippen molar-refractivity contribution in [1.82, 2.24) is 10.2 Å². The fourth-order valence-corrected chi connectivity index (χ4v) is 3.17. The normalized spacial score (nSPS) is 31.0. The van der Waals surface area contributed by atoms with Crippen LogP contribution in [-0.4, -0.2) is 46.6 Å². The van der Waals surface area contributed by atoms with E-state index in [0.29, 0.717) is 6.54 Å². The second-order valence-corrected chi connectivity index (χ2v) is 5.53. The highest BCUT2D eigenvalue weighted by molar-refractivity contribution is 5.92. The van der Waals surface area contributed by atoms with Gasteiger partial charge in [-0.25, -0.2) is 4.79 Å². The summed E-state index contributed by atoms with van der Waals surface area (Å²) in [6.45, 7) is 5.29. The molecule has 0 radical (unpaired) electrons. The minimum absolute atomic E-state index is 0.00676. The van der Waals surface area contributed by atoms with E-state index in [1.54, 1.807) is 4.90 Å². The topological polar surface area (TPSA) is 69.6 Å². The molecule has 2 heterocycles. The lowest BCUT2D eigenvalue weighted by Gasteiger charge is -2.30. The number of likely N-dealkylation sites (tertiary alicyclic amines) is 1. The molecule has 0 aromatic carbocycles. The van der Waals surface area contributed by atoms with Crippen molar-refractivity contribution in [2.75, 3.05) is 13.1 Å². The summed E-state index contributed by atoms with van der Waals surface area (Å²) in [6.07, 6.45) is 3.35. The maximum atomic E-state index is 12.5. The van der Waals surface area contributed by atoms with Gasteiger partial charge in [0.25, 0.3) is 0 Å². The number of amides is 1. The first kappa shape index (κ1) is 13.3. The van der Waals surface area contributed by atoms with Gasteiger partial charge in [0.2, 0.25) is 5.91 Å². The summed E-state index contributed by atoms with van der Waals surface area (Å²) in [5.74, 6) is -0.900. The van der Waals surface area contributed by atoms with Crippen LogP contribution < -0.4 is 5.32 Å². The molecule has 2 rings (SSSR count). The van der Waals surface area contributed by atoms with Crippen LogP contribution in [0, 0.1) is 5.92 Å². The Morgan fingerprint density at radius 2 is 2.28 bits per heavy atom. The first-order valence-corrected chi connectivity index (χ1v) is 6.81. The molecule has 2 fully saturated rings.